The van der Waals surface area contributed by atoms with Gasteiger partial charge in [0.2, 0.25) is 5.91 Å². The van der Waals surface area contributed by atoms with E-state index in [0.29, 0.717) is 11.6 Å². The van der Waals surface area contributed by atoms with Gasteiger partial charge in [-0.3, -0.25) is 4.79 Å². The van der Waals surface area contributed by atoms with Crippen molar-refractivity contribution in [2.45, 2.75) is 11.4 Å². The molecule has 0 atom stereocenters. The number of benzene rings is 2. The van der Waals surface area contributed by atoms with E-state index in [1.807, 2.05) is 24.3 Å². The Morgan fingerprint density at radius 3 is 2.22 bits per heavy atom. The molecule has 2 aromatic rings. The summed E-state index contributed by atoms with van der Waals surface area (Å²) in [6.07, 6.45) is 0. The topological polar surface area (TPSA) is 54.5 Å². The standard InChI is InChI=1S/C16H15BrClNO3S/c1-19(10-12-2-4-13(17)5-3-12)16(20)11-23(21,22)15-8-6-14(18)7-9-15/h2-9H,10-11H2,1H3. The fraction of sp³-hybridized carbons (Fsp3) is 0.188. The minimum atomic E-state index is -3.68. The molecule has 23 heavy (non-hydrogen) atoms. The average Bonchev–Trinajstić information content (AvgIpc) is 2.49. The molecule has 0 radical (unpaired) electrons. The van der Waals surface area contributed by atoms with Crippen LogP contribution in [0.1, 0.15) is 5.56 Å². The molecule has 0 heterocycles. The van der Waals surface area contributed by atoms with Gasteiger partial charge in [0.15, 0.2) is 9.84 Å². The molecule has 0 aliphatic carbocycles. The number of sulfone groups is 1. The molecule has 0 aliphatic heterocycles. The van der Waals surface area contributed by atoms with E-state index in [2.05, 4.69) is 15.9 Å². The quantitative estimate of drug-likeness (QED) is 0.749. The molecule has 122 valence electrons. The SMILES string of the molecule is CN(Cc1ccc(Br)cc1)C(=O)CS(=O)(=O)c1ccc(Cl)cc1. The van der Waals surface area contributed by atoms with E-state index in [1.54, 1.807) is 7.05 Å². The molecule has 4 nitrogen and oxygen atoms in total. The lowest BCUT2D eigenvalue weighted by atomic mass is 10.2. The van der Waals surface area contributed by atoms with Gasteiger partial charge in [-0.25, -0.2) is 8.42 Å². The Labute approximate surface area is 149 Å². The summed E-state index contributed by atoms with van der Waals surface area (Å²) in [5.74, 6) is -1.02. The summed E-state index contributed by atoms with van der Waals surface area (Å²) < 4.78 is 25.5. The molecule has 0 saturated carbocycles. The summed E-state index contributed by atoms with van der Waals surface area (Å²) in [6.45, 7) is 0.349. The monoisotopic (exact) mass is 415 g/mol. The van der Waals surface area contributed by atoms with E-state index >= 15 is 0 Å². The Hall–Kier alpha value is -1.37. The lowest BCUT2D eigenvalue weighted by molar-refractivity contribution is -0.127. The van der Waals surface area contributed by atoms with E-state index < -0.39 is 21.5 Å². The zero-order valence-corrected chi connectivity index (χ0v) is 15.5. The Morgan fingerprint density at radius 2 is 1.65 bits per heavy atom. The highest BCUT2D eigenvalue weighted by atomic mass is 79.9. The maximum Gasteiger partial charge on any atom is 0.238 e. The number of hydrogen-bond donors (Lipinski definition) is 0. The molecule has 0 aliphatic rings. The van der Waals surface area contributed by atoms with Gasteiger partial charge in [-0.05, 0) is 42.0 Å². The summed E-state index contributed by atoms with van der Waals surface area (Å²) in [4.78, 5) is 13.7. The highest BCUT2D eigenvalue weighted by molar-refractivity contribution is 9.10. The molecule has 0 saturated heterocycles. The number of halogens is 2. The van der Waals surface area contributed by atoms with Crippen molar-refractivity contribution in [3.63, 3.8) is 0 Å². The maximum absolute atomic E-state index is 12.3. The highest BCUT2D eigenvalue weighted by Gasteiger charge is 2.21. The van der Waals surface area contributed by atoms with Crippen LogP contribution < -0.4 is 0 Å². The van der Waals surface area contributed by atoms with Crippen LogP contribution in [0.2, 0.25) is 5.02 Å². The van der Waals surface area contributed by atoms with Crippen LogP contribution in [-0.4, -0.2) is 32.0 Å². The van der Waals surface area contributed by atoms with Crippen LogP contribution >= 0.6 is 27.5 Å². The Bertz CT molecular complexity index is 789. The third kappa shape index (κ3) is 5.06. The molecule has 0 aromatic heterocycles. The van der Waals surface area contributed by atoms with E-state index in [0.717, 1.165) is 10.0 Å². The van der Waals surface area contributed by atoms with Gasteiger partial charge in [-0.15, -0.1) is 0 Å². The summed E-state index contributed by atoms with van der Waals surface area (Å²) in [5, 5.41) is 0.447. The van der Waals surface area contributed by atoms with Crippen LogP contribution in [0.3, 0.4) is 0 Å². The van der Waals surface area contributed by atoms with Crippen LogP contribution in [0.5, 0.6) is 0 Å². The molecular formula is C16H15BrClNO3S. The van der Waals surface area contributed by atoms with Crippen molar-refractivity contribution < 1.29 is 13.2 Å². The van der Waals surface area contributed by atoms with Crippen LogP contribution in [0, 0.1) is 0 Å². The van der Waals surface area contributed by atoms with E-state index in [1.165, 1.54) is 29.2 Å². The van der Waals surface area contributed by atoms with Gasteiger partial charge in [-0.1, -0.05) is 39.7 Å². The Morgan fingerprint density at radius 1 is 1.09 bits per heavy atom. The second-order valence-corrected chi connectivity index (χ2v) is 8.43. The van der Waals surface area contributed by atoms with Crippen molar-refractivity contribution >= 4 is 43.3 Å². The van der Waals surface area contributed by atoms with Crippen LogP contribution in [0.25, 0.3) is 0 Å². The minimum absolute atomic E-state index is 0.0901. The summed E-state index contributed by atoms with van der Waals surface area (Å²) in [6, 6.07) is 13.3. The Kier molecular flexibility index (Phi) is 5.84. The van der Waals surface area contributed by atoms with E-state index in [-0.39, 0.29) is 4.90 Å². The molecule has 0 spiro atoms. The molecule has 2 rings (SSSR count). The minimum Gasteiger partial charge on any atom is -0.341 e. The molecule has 0 unspecified atom stereocenters. The first-order valence-electron chi connectivity index (χ1n) is 6.75. The van der Waals surface area contributed by atoms with Crippen molar-refractivity contribution in [3.8, 4) is 0 Å². The van der Waals surface area contributed by atoms with Crippen LogP contribution in [-0.2, 0) is 21.2 Å². The van der Waals surface area contributed by atoms with Crippen molar-refractivity contribution in [2.75, 3.05) is 12.8 Å². The number of carbonyl (C=O) groups is 1. The van der Waals surface area contributed by atoms with Gasteiger partial charge in [0.1, 0.15) is 5.75 Å². The predicted octanol–water partition coefficient (Wildman–Crippen LogP) is 3.53. The summed E-state index contributed by atoms with van der Waals surface area (Å²) in [5.41, 5.74) is 0.924. The summed E-state index contributed by atoms with van der Waals surface area (Å²) in [7, 11) is -2.09. The largest absolute Gasteiger partial charge is 0.341 e. The predicted molar refractivity (Wildman–Crippen MR) is 94.1 cm³/mol. The van der Waals surface area contributed by atoms with Crippen molar-refractivity contribution in [3.05, 3.63) is 63.6 Å². The molecule has 0 fully saturated rings. The maximum atomic E-state index is 12.3. The summed E-state index contributed by atoms with van der Waals surface area (Å²) >= 11 is 9.09. The number of carbonyl (C=O) groups excluding carboxylic acids is 1. The van der Waals surface area contributed by atoms with Gasteiger partial charge < -0.3 is 4.90 Å². The zero-order chi connectivity index (χ0) is 17.0. The molecule has 0 bridgehead atoms. The molecule has 7 heteroatoms. The van der Waals surface area contributed by atoms with E-state index in [4.69, 9.17) is 11.6 Å². The van der Waals surface area contributed by atoms with Crippen molar-refractivity contribution in [1.29, 1.82) is 0 Å². The number of hydrogen-bond acceptors (Lipinski definition) is 3. The second kappa shape index (κ2) is 7.47. The third-order valence-corrected chi connectivity index (χ3v) is 5.64. The lowest BCUT2D eigenvalue weighted by Crippen LogP contribution is -2.32. The number of nitrogens with zero attached hydrogens (tertiary/aromatic N) is 1. The fourth-order valence-corrected chi connectivity index (χ4v) is 3.60. The van der Waals surface area contributed by atoms with Crippen LogP contribution in [0.4, 0.5) is 0 Å². The zero-order valence-electron chi connectivity index (χ0n) is 12.4. The highest BCUT2D eigenvalue weighted by Crippen LogP contribution is 2.16. The molecule has 0 N–H and O–H groups in total. The van der Waals surface area contributed by atoms with Gasteiger partial charge in [0.25, 0.3) is 0 Å². The van der Waals surface area contributed by atoms with Gasteiger partial charge in [0.05, 0.1) is 4.90 Å². The van der Waals surface area contributed by atoms with Crippen LogP contribution in [0.15, 0.2) is 57.9 Å². The lowest BCUT2D eigenvalue weighted by Gasteiger charge is -2.17. The van der Waals surface area contributed by atoms with E-state index in [9.17, 15) is 13.2 Å². The smallest absolute Gasteiger partial charge is 0.238 e. The van der Waals surface area contributed by atoms with Crippen molar-refractivity contribution in [2.24, 2.45) is 0 Å². The second-order valence-electron chi connectivity index (χ2n) is 5.09. The first kappa shape index (κ1) is 18.0. The molecule has 2 aromatic carbocycles. The first-order chi connectivity index (χ1) is 10.8. The first-order valence-corrected chi connectivity index (χ1v) is 9.57. The van der Waals surface area contributed by atoms with Gasteiger partial charge in [0, 0.05) is 23.1 Å². The van der Waals surface area contributed by atoms with Gasteiger partial charge >= 0.3 is 0 Å². The fourth-order valence-electron chi connectivity index (χ4n) is 1.95. The number of amides is 1. The number of rotatable bonds is 5. The van der Waals surface area contributed by atoms with Crippen molar-refractivity contribution in [1.82, 2.24) is 4.90 Å². The van der Waals surface area contributed by atoms with Gasteiger partial charge in [-0.2, -0.15) is 0 Å². The normalized spacial score (nSPS) is 11.3. The molecular weight excluding hydrogens is 402 g/mol. The Balaban J connectivity index is 2.05. The molecule has 1 amide bonds. The average molecular weight is 417 g/mol. The third-order valence-electron chi connectivity index (χ3n) is 3.25.